The molecule has 1 aromatic heterocycles. The summed E-state index contributed by atoms with van der Waals surface area (Å²) in [6.07, 6.45) is 8.50. The Kier molecular flexibility index (Phi) is 4.06. The van der Waals surface area contributed by atoms with Crippen molar-refractivity contribution in [3.05, 3.63) is 40.7 Å². The van der Waals surface area contributed by atoms with E-state index in [1.807, 2.05) is 31.3 Å². The van der Waals surface area contributed by atoms with Crippen molar-refractivity contribution in [3.8, 4) is 0 Å². The summed E-state index contributed by atoms with van der Waals surface area (Å²) in [6.45, 7) is 0.511. The fourth-order valence-electron chi connectivity index (χ4n) is 6.41. The number of rotatable bonds is 4. The second kappa shape index (κ2) is 6.47. The molecule has 1 amide bonds. The third kappa shape index (κ3) is 2.88. The molecule has 0 unspecified atom stereocenters. The summed E-state index contributed by atoms with van der Waals surface area (Å²) >= 11 is 0. The van der Waals surface area contributed by atoms with Crippen molar-refractivity contribution in [2.24, 2.45) is 23.7 Å². The maximum Gasteiger partial charge on any atom is 0.224 e. The van der Waals surface area contributed by atoms with Gasteiger partial charge >= 0.3 is 0 Å². The zero-order chi connectivity index (χ0) is 18.5. The number of hydrogen-bond donors (Lipinski definition) is 0. The number of para-hydroxylation sites is 1. The molecule has 6 rings (SSSR count). The van der Waals surface area contributed by atoms with Crippen LogP contribution in [0.3, 0.4) is 0 Å². The van der Waals surface area contributed by atoms with Crippen molar-refractivity contribution in [1.29, 1.82) is 0 Å². The molecular weight excluding hydrogens is 338 g/mol. The van der Waals surface area contributed by atoms with E-state index in [2.05, 4.69) is 10.00 Å². The van der Waals surface area contributed by atoms with Crippen LogP contribution in [0.4, 0.5) is 0 Å². The number of benzene rings is 1. The van der Waals surface area contributed by atoms with Crippen LogP contribution in [-0.2, 0) is 11.3 Å². The Morgan fingerprint density at radius 1 is 1.11 bits per heavy atom. The second-order valence-corrected chi connectivity index (χ2v) is 8.93. The number of carbonyl (C=O) groups excluding carboxylic acids is 1. The first-order valence-corrected chi connectivity index (χ1v) is 10.3. The van der Waals surface area contributed by atoms with E-state index < -0.39 is 0 Å². The predicted octanol–water partition coefficient (Wildman–Crippen LogP) is 3.07. The van der Waals surface area contributed by atoms with E-state index in [0.29, 0.717) is 36.2 Å². The minimum Gasteiger partial charge on any atom is -0.342 e. The normalized spacial score (nSPS) is 31.4. The highest BCUT2D eigenvalue weighted by Gasteiger charge is 2.50. The third-order valence-corrected chi connectivity index (χ3v) is 7.32. The van der Waals surface area contributed by atoms with Crippen LogP contribution in [0.5, 0.6) is 0 Å². The van der Waals surface area contributed by atoms with Crippen molar-refractivity contribution in [3.63, 3.8) is 0 Å². The van der Waals surface area contributed by atoms with Crippen LogP contribution in [-0.4, -0.2) is 33.7 Å². The molecular formula is C22H27N3O2. The number of fused-ring (bicyclic) bond motifs is 1. The zero-order valence-corrected chi connectivity index (χ0v) is 15.9. The average Bonchev–Trinajstić information content (AvgIpc) is 2.66. The van der Waals surface area contributed by atoms with Gasteiger partial charge < -0.3 is 4.90 Å². The molecule has 0 atom stereocenters. The summed E-state index contributed by atoms with van der Waals surface area (Å²) in [7, 11) is 2.01. The van der Waals surface area contributed by atoms with Crippen LogP contribution in [0.25, 0.3) is 10.9 Å². The molecule has 5 nitrogen and oxygen atoms in total. The standard InChI is InChI=1S/C22H27N3O2/c1-24(22-16-9-14-8-15(11-16)12-17(22)10-14)21(27)6-7-25-19-5-3-2-4-18(19)20(26)13-23-25/h2-5,13-17,22H,6-12H2,1H3. The van der Waals surface area contributed by atoms with Crippen molar-refractivity contribution in [2.75, 3.05) is 7.05 Å². The van der Waals surface area contributed by atoms with E-state index in [0.717, 1.165) is 17.4 Å². The lowest BCUT2D eigenvalue weighted by atomic mass is 9.54. The molecule has 4 bridgehead atoms. The second-order valence-electron chi connectivity index (χ2n) is 8.93. The van der Waals surface area contributed by atoms with Gasteiger partial charge in [-0.3, -0.25) is 14.3 Å². The first kappa shape index (κ1) is 17.0. The van der Waals surface area contributed by atoms with Gasteiger partial charge in [0.05, 0.1) is 18.3 Å². The number of hydrogen-bond acceptors (Lipinski definition) is 3. The maximum atomic E-state index is 13.0. The first-order chi connectivity index (χ1) is 13.1. The number of aromatic nitrogens is 2. The van der Waals surface area contributed by atoms with Gasteiger partial charge in [-0.15, -0.1) is 0 Å². The number of aryl methyl sites for hydroxylation is 1. The first-order valence-electron chi connectivity index (χ1n) is 10.3. The van der Waals surface area contributed by atoms with Crippen LogP contribution >= 0.6 is 0 Å². The van der Waals surface area contributed by atoms with Crippen LogP contribution in [0.2, 0.25) is 0 Å². The lowest BCUT2D eigenvalue weighted by Crippen LogP contribution is -2.56. The highest BCUT2D eigenvalue weighted by Crippen LogP contribution is 2.55. The van der Waals surface area contributed by atoms with Gasteiger partial charge in [-0.25, -0.2) is 0 Å². The van der Waals surface area contributed by atoms with Crippen LogP contribution < -0.4 is 5.43 Å². The Morgan fingerprint density at radius 3 is 2.48 bits per heavy atom. The van der Waals surface area contributed by atoms with E-state index >= 15 is 0 Å². The molecule has 0 spiro atoms. The average molecular weight is 365 g/mol. The molecule has 4 aliphatic rings. The molecule has 2 aromatic rings. The highest BCUT2D eigenvalue weighted by atomic mass is 16.2. The molecule has 4 saturated carbocycles. The fourth-order valence-corrected chi connectivity index (χ4v) is 6.41. The Bertz CT molecular complexity index is 907. The quantitative estimate of drug-likeness (QED) is 0.837. The van der Waals surface area contributed by atoms with Crippen molar-refractivity contribution < 1.29 is 4.79 Å². The number of nitrogens with zero attached hydrogens (tertiary/aromatic N) is 3. The topological polar surface area (TPSA) is 55.2 Å². The Balaban J connectivity index is 1.30. The van der Waals surface area contributed by atoms with Gasteiger partial charge in [-0.05, 0) is 67.9 Å². The molecule has 4 aliphatic carbocycles. The van der Waals surface area contributed by atoms with Gasteiger partial charge in [0.2, 0.25) is 11.3 Å². The number of amides is 1. The summed E-state index contributed by atoms with van der Waals surface area (Å²) in [5.41, 5.74) is 0.731. The third-order valence-electron chi connectivity index (χ3n) is 7.32. The molecule has 4 fully saturated rings. The lowest BCUT2D eigenvalue weighted by molar-refractivity contribution is -0.141. The van der Waals surface area contributed by atoms with E-state index in [-0.39, 0.29) is 11.3 Å². The number of carbonyl (C=O) groups is 1. The predicted molar refractivity (Wildman–Crippen MR) is 104 cm³/mol. The molecule has 0 aliphatic heterocycles. The van der Waals surface area contributed by atoms with Gasteiger partial charge in [0.25, 0.3) is 0 Å². The minimum absolute atomic E-state index is 0.0705. The maximum absolute atomic E-state index is 13.0. The summed E-state index contributed by atoms with van der Waals surface area (Å²) in [5, 5.41) is 4.92. The molecule has 5 heteroatoms. The monoisotopic (exact) mass is 365 g/mol. The lowest BCUT2D eigenvalue weighted by Gasteiger charge is -2.56. The largest absolute Gasteiger partial charge is 0.342 e. The van der Waals surface area contributed by atoms with Gasteiger partial charge in [-0.1, -0.05) is 12.1 Å². The zero-order valence-electron chi connectivity index (χ0n) is 15.9. The Morgan fingerprint density at radius 2 is 1.78 bits per heavy atom. The van der Waals surface area contributed by atoms with Gasteiger partial charge in [0.15, 0.2) is 0 Å². The summed E-state index contributed by atoms with van der Waals surface area (Å²) < 4.78 is 1.79. The highest BCUT2D eigenvalue weighted by molar-refractivity contribution is 5.79. The Hall–Kier alpha value is -2.17. The molecule has 0 radical (unpaired) electrons. The Labute approximate surface area is 159 Å². The molecule has 27 heavy (non-hydrogen) atoms. The fraction of sp³-hybridized carbons (Fsp3) is 0.591. The summed E-state index contributed by atoms with van der Waals surface area (Å²) in [5.74, 6) is 3.47. The molecule has 142 valence electrons. The summed E-state index contributed by atoms with van der Waals surface area (Å²) in [4.78, 5) is 27.0. The van der Waals surface area contributed by atoms with Gasteiger partial charge in [0.1, 0.15) is 0 Å². The molecule has 1 heterocycles. The van der Waals surface area contributed by atoms with Gasteiger partial charge in [-0.2, -0.15) is 5.10 Å². The van der Waals surface area contributed by atoms with Crippen LogP contribution in [0.15, 0.2) is 35.3 Å². The molecule has 0 N–H and O–H groups in total. The smallest absolute Gasteiger partial charge is 0.224 e. The van der Waals surface area contributed by atoms with E-state index in [1.165, 1.54) is 38.3 Å². The minimum atomic E-state index is -0.0705. The van der Waals surface area contributed by atoms with E-state index in [1.54, 1.807) is 4.68 Å². The molecule has 1 aromatic carbocycles. The van der Waals surface area contributed by atoms with Crippen LogP contribution in [0.1, 0.15) is 38.5 Å². The van der Waals surface area contributed by atoms with Crippen molar-refractivity contribution >= 4 is 16.8 Å². The summed E-state index contributed by atoms with van der Waals surface area (Å²) in [6, 6.07) is 7.92. The van der Waals surface area contributed by atoms with E-state index in [4.69, 9.17) is 0 Å². The SMILES string of the molecule is CN(C(=O)CCn1ncc(=O)c2ccccc21)C1C2CC3CC(C2)CC1C3. The molecule has 0 saturated heterocycles. The van der Waals surface area contributed by atoms with E-state index in [9.17, 15) is 9.59 Å². The van der Waals surface area contributed by atoms with Crippen LogP contribution in [0, 0.1) is 23.7 Å². The van der Waals surface area contributed by atoms with Crippen molar-refractivity contribution in [2.45, 2.75) is 51.1 Å². The van der Waals surface area contributed by atoms with Crippen molar-refractivity contribution in [1.82, 2.24) is 14.7 Å². The van der Waals surface area contributed by atoms with Gasteiger partial charge in [0, 0.05) is 24.9 Å².